The number of alkyl halides is 3. The lowest BCUT2D eigenvalue weighted by Crippen LogP contribution is -2.47. The topological polar surface area (TPSA) is 94.2 Å². The second kappa shape index (κ2) is 7.30. The first kappa shape index (κ1) is 19.0. The van der Waals surface area contributed by atoms with Gasteiger partial charge in [0.05, 0.1) is 11.5 Å². The molecule has 10 heteroatoms. The predicted molar refractivity (Wildman–Crippen MR) is 83.7 cm³/mol. The Morgan fingerprint density at radius 3 is 2.56 bits per heavy atom. The van der Waals surface area contributed by atoms with Crippen molar-refractivity contribution < 1.29 is 22.8 Å². The number of nitrogens with one attached hydrogen (secondary N) is 1. The van der Waals surface area contributed by atoms with Gasteiger partial charge in [0.25, 0.3) is 5.56 Å². The predicted octanol–water partition coefficient (Wildman–Crippen LogP) is 1.46. The fourth-order valence-corrected chi connectivity index (χ4v) is 2.79. The molecule has 136 valence electrons. The Labute approximate surface area is 145 Å². The van der Waals surface area contributed by atoms with Crippen molar-refractivity contribution in [1.82, 2.24) is 9.88 Å². The van der Waals surface area contributed by atoms with Crippen LogP contribution in [0.5, 0.6) is 0 Å². The summed E-state index contributed by atoms with van der Waals surface area (Å²) in [7, 11) is 0. The van der Waals surface area contributed by atoms with Crippen LogP contribution in [-0.4, -0.2) is 22.4 Å². The molecule has 0 saturated carbocycles. The zero-order valence-electron chi connectivity index (χ0n) is 12.8. The van der Waals surface area contributed by atoms with Gasteiger partial charge in [-0.1, -0.05) is 23.8 Å². The van der Waals surface area contributed by atoms with Crippen LogP contribution in [0.15, 0.2) is 29.2 Å². The third-order valence-corrected chi connectivity index (χ3v) is 4.10. The first-order valence-electron chi connectivity index (χ1n) is 7.30. The quantitative estimate of drug-likeness (QED) is 0.778. The van der Waals surface area contributed by atoms with Gasteiger partial charge in [-0.25, -0.2) is 0 Å². The third kappa shape index (κ3) is 4.62. The van der Waals surface area contributed by atoms with Crippen molar-refractivity contribution in [1.29, 1.82) is 0 Å². The number of aromatic nitrogens is 1. The molecule has 0 aliphatic heterocycles. The van der Waals surface area contributed by atoms with Gasteiger partial charge in [0.1, 0.15) is 11.6 Å². The number of carbonyl (C=O) groups is 2. The van der Waals surface area contributed by atoms with Gasteiger partial charge in [0.15, 0.2) is 0 Å². The molecule has 0 saturated heterocycles. The van der Waals surface area contributed by atoms with Gasteiger partial charge in [-0.15, -0.1) is 0 Å². The molecule has 1 aromatic heterocycles. The monoisotopic (exact) mass is 377 g/mol. The lowest BCUT2D eigenvalue weighted by atomic mass is 9.88. The van der Waals surface area contributed by atoms with Crippen molar-refractivity contribution in [3.63, 3.8) is 0 Å². The van der Waals surface area contributed by atoms with E-state index in [0.717, 1.165) is 0 Å². The maximum atomic E-state index is 12.8. The molecule has 2 atom stereocenters. The molecule has 0 radical (unpaired) electrons. The Balaban J connectivity index is 2.18. The summed E-state index contributed by atoms with van der Waals surface area (Å²) in [5.74, 6) is -1.92. The largest absolute Gasteiger partial charge is 0.417 e. The summed E-state index contributed by atoms with van der Waals surface area (Å²) in [4.78, 5) is 35.3. The standard InChI is InChI=1S/C15H15ClF3N3O3/c16-10-5-8(15(17,18)19)6-22(14(10)25)7-12(23)21-11-4-2-1-3-9(11)13(20)24/h1-2,5-6,9,11H,3-4,7H2,(H2,20,24)(H,21,23)/t9-,11-/m1/s1. The van der Waals surface area contributed by atoms with Gasteiger partial charge in [0, 0.05) is 12.2 Å². The number of carbonyl (C=O) groups excluding carboxylic acids is 2. The molecule has 2 rings (SSSR count). The first-order chi connectivity index (χ1) is 11.6. The number of hydrogen-bond acceptors (Lipinski definition) is 3. The molecule has 6 nitrogen and oxygen atoms in total. The van der Waals surface area contributed by atoms with Crippen molar-refractivity contribution >= 4 is 23.4 Å². The lowest BCUT2D eigenvalue weighted by molar-refractivity contribution is -0.138. The minimum absolute atomic E-state index is 0.357. The van der Waals surface area contributed by atoms with Crippen molar-refractivity contribution in [3.8, 4) is 0 Å². The third-order valence-electron chi connectivity index (χ3n) is 3.83. The van der Waals surface area contributed by atoms with E-state index in [0.29, 0.717) is 29.7 Å². The van der Waals surface area contributed by atoms with Crippen molar-refractivity contribution in [2.75, 3.05) is 0 Å². The van der Waals surface area contributed by atoms with Crippen LogP contribution < -0.4 is 16.6 Å². The van der Waals surface area contributed by atoms with E-state index in [2.05, 4.69) is 5.32 Å². The van der Waals surface area contributed by atoms with E-state index in [4.69, 9.17) is 17.3 Å². The maximum absolute atomic E-state index is 12.8. The Morgan fingerprint density at radius 1 is 1.32 bits per heavy atom. The highest BCUT2D eigenvalue weighted by Crippen LogP contribution is 2.29. The van der Waals surface area contributed by atoms with Crippen molar-refractivity contribution in [2.24, 2.45) is 11.7 Å². The molecular weight excluding hydrogens is 363 g/mol. The molecule has 0 fully saturated rings. The molecule has 0 bridgehead atoms. The fourth-order valence-electron chi connectivity index (χ4n) is 2.57. The molecule has 1 aliphatic carbocycles. The van der Waals surface area contributed by atoms with Crippen LogP contribution in [0.4, 0.5) is 13.2 Å². The second-order valence-corrected chi connectivity index (χ2v) is 6.04. The van der Waals surface area contributed by atoms with Crippen LogP contribution >= 0.6 is 11.6 Å². The van der Waals surface area contributed by atoms with Gasteiger partial charge in [-0.3, -0.25) is 14.4 Å². The molecule has 2 amide bonds. The summed E-state index contributed by atoms with van der Waals surface area (Å²) < 4.78 is 39.0. The van der Waals surface area contributed by atoms with Crippen LogP contribution in [-0.2, 0) is 22.3 Å². The minimum atomic E-state index is -4.71. The van der Waals surface area contributed by atoms with Crippen molar-refractivity contribution in [3.05, 3.63) is 45.4 Å². The molecule has 0 spiro atoms. The van der Waals surface area contributed by atoms with Gasteiger partial charge in [0.2, 0.25) is 11.8 Å². The van der Waals surface area contributed by atoms with Crippen molar-refractivity contribution in [2.45, 2.75) is 31.6 Å². The van der Waals surface area contributed by atoms with E-state index >= 15 is 0 Å². The zero-order valence-corrected chi connectivity index (χ0v) is 13.6. The second-order valence-electron chi connectivity index (χ2n) is 5.63. The molecule has 0 unspecified atom stereocenters. The highest BCUT2D eigenvalue weighted by molar-refractivity contribution is 6.30. The van der Waals surface area contributed by atoms with E-state index < -0.39 is 52.6 Å². The van der Waals surface area contributed by atoms with E-state index in [-0.39, 0.29) is 0 Å². The summed E-state index contributed by atoms with van der Waals surface area (Å²) in [5.41, 5.74) is 3.22. The Morgan fingerprint density at radius 2 is 1.96 bits per heavy atom. The normalized spacial score (nSPS) is 20.3. The maximum Gasteiger partial charge on any atom is 0.417 e. The molecule has 1 aromatic rings. The summed E-state index contributed by atoms with van der Waals surface area (Å²) in [6.45, 7) is -0.659. The summed E-state index contributed by atoms with van der Waals surface area (Å²) in [6, 6.07) is -0.0696. The number of nitrogens with zero attached hydrogens (tertiary/aromatic N) is 1. The highest BCUT2D eigenvalue weighted by atomic mass is 35.5. The smallest absolute Gasteiger partial charge is 0.369 e. The van der Waals surface area contributed by atoms with E-state index in [1.807, 2.05) is 0 Å². The number of halogens is 4. The molecular formula is C15H15ClF3N3O3. The number of amides is 2. The number of allylic oxidation sites excluding steroid dienone is 1. The Bertz CT molecular complexity index is 774. The van der Waals surface area contributed by atoms with Gasteiger partial charge < -0.3 is 15.6 Å². The van der Waals surface area contributed by atoms with Crippen LogP contribution in [0.25, 0.3) is 0 Å². The summed E-state index contributed by atoms with van der Waals surface area (Å²) >= 11 is 5.53. The SMILES string of the molecule is NC(=O)[C@@H]1CC=CC[C@H]1NC(=O)Cn1cc(C(F)(F)F)cc(Cl)c1=O. The lowest BCUT2D eigenvalue weighted by Gasteiger charge is -2.27. The first-order valence-corrected chi connectivity index (χ1v) is 7.68. The van der Waals surface area contributed by atoms with Crippen LogP contribution in [0, 0.1) is 5.92 Å². The number of pyridine rings is 1. The van der Waals surface area contributed by atoms with Gasteiger partial charge >= 0.3 is 6.18 Å². The zero-order chi connectivity index (χ0) is 18.8. The number of nitrogens with two attached hydrogens (primary N) is 1. The summed E-state index contributed by atoms with van der Waals surface area (Å²) in [6.07, 6.45) is 0.0565. The average molecular weight is 378 g/mol. The van der Waals surface area contributed by atoms with Crippen LogP contribution in [0.1, 0.15) is 18.4 Å². The number of hydrogen-bond donors (Lipinski definition) is 2. The highest BCUT2D eigenvalue weighted by Gasteiger charge is 2.32. The van der Waals surface area contributed by atoms with E-state index in [1.165, 1.54) is 0 Å². The molecule has 0 aromatic carbocycles. The van der Waals surface area contributed by atoms with E-state index in [1.54, 1.807) is 12.2 Å². The molecule has 25 heavy (non-hydrogen) atoms. The molecule has 3 N–H and O–H groups in total. The molecule has 1 aliphatic rings. The van der Waals surface area contributed by atoms with Crippen LogP contribution in [0.3, 0.4) is 0 Å². The Kier molecular flexibility index (Phi) is 5.56. The number of primary amides is 1. The van der Waals surface area contributed by atoms with Gasteiger partial charge in [-0.2, -0.15) is 13.2 Å². The Hall–Kier alpha value is -2.29. The summed E-state index contributed by atoms with van der Waals surface area (Å²) in [5, 5.41) is 1.89. The fraction of sp³-hybridized carbons (Fsp3) is 0.400. The van der Waals surface area contributed by atoms with E-state index in [9.17, 15) is 27.6 Å². The van der Waals surface area contributed by atoms with Gasteiger partial charge in [-0.05, 0) is 18.9 Å². The number of rotatable bonds is 4. The van der Waals surface area contributed by atoms with Crippen LogP contribution in [0.2, 0.25) is 5.02 Å². The average Bonchev–Trinajstić information content (AvgIpc) is 2.50. The molecule has 1 heterocycles. The minimum Gasteiger partial charge on any atom is -0.369 e.